The van der Waals surface area contributed by atoms with Crippen molar-refractivity contribution in [1.29, 1.82) is 0 Å². The molecule has 38 heavy (non-hydrogen) atoms. The van der Waals surface area contributed by atoms with E-state index in [0.717, 1.165) is 6.07 Å². The molecule has 0 bridgehead atoms. The summed E-state index contributed by atoms with van der Waals surface area (Å²) in [4.78, 5) is 39.7. The van der Waals surface area contributed by atoms with Gasteiger partial charge in [-0.15, -0.1) is 0 Å². The van der Waals surface area contributed by atoms with E-state index in [9.17, 15) is 18.8 Å². The van der Waals surface area contributed by atoms with Crippen molar-refractivity contribution in [1.82, 2.24) is 10.6 Å². The maximum Gasteiger partial charge on any atom is 0.267 e. The molecule has 0 spiro atoms. The Bertz CT molecular complexity index is 1240. The molecule has 2 aliphatic heterocycles. The van der Waals surface area contributed by atoms with Gasteiger partial charge < -0.3 is 29.7 Å². The smallest absolute Gasteiger partial charge is 0.267 e. The lowest BCUT2D eigenvalue weighted by Gasteiger charge is -2.35. The second-order valence-corrected chi connectivity index (χ2v) is 9.63. The number of rotatable bonds is 9. The first-order valence-electron chi connectivity index (χ1n) is 11.9. The Balaban J connectivity index is 1.26. The molecular formula is C26H26Cl2FN3O6. The summed E-state index contributed by atoms with van der Waals surface area (Å²) in [7, 11) is 0. The van der Waals surface area contributed by atoms with Crippen molar-refractivity contribution in [2.45, 2.75) is 18.9 Å². The third kappa shape index (κ3) is 6.94. The number of halogens is 3. The number of fused-ring (bicyclic) bond motifs is 1. The number of ether oxygens (including phenoxy) is 3. The van der Waals surface area contributed by atoms with Crippen molar-refractivity contribution in [3.63, 3.8) is 0 Å². The average Bonchev–Trinajstić information content (AvgIpc) is 3.43. The van der Waals surface area contributed by atoms with Gasteiger partial charge in [0.15, 0.2) is 12.7 Å². The predicted octanol–water partition coefficient (Wildman–Crippen LogP) is 3.48. The molecule has 0 aliphatic carbocycles. The number of carbonyl (C=O) groups is 3. The number of carbonyl (C=O) groups excluding carboxylic acids is 3. The normalized spacial score (nSPS) is 18.2. The van der Waals surface area contributed by atoms with E-state index in [2.05, 4.69) is 17.2 Å². The summed E-state index contributed by atoms with van der Waals surface area (Å²) in [5.74, 6) is -1.48. The SMILES string of the molecule is C=C(CCNC(=O)COc1ccc(Cl)c(F)c1)NC(=O)C1CN(C(=O)C2CCOC2)c2cc(Cl)ccc2O1. The van der Waals surface area contributed by atoms with E-state index < -0.39 is 23.7 Å². The van der Waals surface area contributed by atoms with E-state index in [-0.39, 0.29) is 48.7 Å². The van der Waals surface area contributed by atoms with E-state index in [0.29, 0.717) is 41.8 Å². The zero-order valence-corrected chi connectivity index (χ0v) is 21.8. The summed E-state index contributed by atoms with van der Waals surface area (Å²) < 4.78 is 29.9. The Labute approximate surface area is 228 Å². The Kier molecular flexibility index (Phi) is 9.09. The zero-order valence-electron chi connectivity index (χ0n) is 20.3. The van der Waals surface area contributed by atoms with Crippen molar-refractivity contribution in [2.75, 3.05) is 37.8 Å². The van der Waals surface area contributed by atoms with Crippen LogP contribution in [0, 0.1) is 11.7 Å². The summed E-state index contributed by atoms with van der Waals surface area (Å²) in [6.45, 7) is 4.52. The van der Waals surface area contributed by atoms with E-state index >= 15 is 0 Å². The Morgan fingerprint density at radius 3 is 2.74 bits per heavy atom. The lowest BCUT2D eigenvalue weighted by atomic mass is 10.0. The molecule has 2 aromatic carbocycles. The molecule has 9 nitrogen and oxygen atoms in total. The van der Waals surface area contributed by atoms with Gasteiger partial charge in [-0.25, -0.2) is 4.39 Å². The number of nitrogens with zero attached hydrogens (tertiary/aromatic N) is 1. The molecule has 2 aromatic rings. The summed E-state index contributed by atoms with van der Waals surface area (Å²) in [6, 6.07) is 8.74. The molecule has 2 unspecified atom stereocenters. The highest BCUT2D eigenvalue weighted by atomic mass is 35.5. The van der Waals surface area contributed by atoms with E-state index in [1.54, 1.807) is 18.2 Å². The van der Waals surface area contributed by atoms with Crippen LogP contribution in [0.2, 0.25) is 10.0 Å². The third-order valence-corrected chi connectivity index (χ3v) is 6.52. The first-order chi connectivity index (χ1) is 18.2. The van der Waals surface area contributed by atoms with Crippen LogP contribution in [-0.2, 0) is 19.1 Å². The van der Waals surface area contributed by atoms with Gasteiger partial charge in [-0.3, -0.25) is 14.4 Å². The minimum Gasteiger partial charge on any atom is -0.484 e. The number of anilines is 1. The van der Waals surface area contributed by atoms with Gasteiger partial charge in [-0.1, -0.05) is 29.8 Å². The largest absolute Gasteiger partial charge is 0.484 e. The van der Waals surface area contributed by atoms with Crippen LogP contribution in [0.4, 0.5) is 10.1 Å². The monoisotopic (exact) mass is 565 g/mol. The van der Waals surface area contributed by atoms with Crippen LogP contribution < -0.4 is 25.0 Å². The summed E-state index contributed by atoms with van der Waals surface area (Å²) in [5, 5.41) is 5.71. The van der Waals surface area contributed by atoms with Gasteiger partial charge >= 0.3 is 0 Å². The fraction of sp³-hybridized carbons (Fsp3) is 0.346. The van der Waals surface area contributed by atoms with Crippen LogP contribution >= 0.6 is 23.2 Å². The molecule has 2 N–H and O–H groups in total. The second-order valence-electron chi connectivity index (χ2n) is 8.79. The van der Waals surface area contributed by atoms with Crippen molar-refractivity contribution in [2.24, 2.45) is 5.92 Å². The van der Waals surface area contributed by atoms with E-state index in [4.69, 9.17) is 37.4 Å². The highest BCUT2D eigenvalue weighted by Gasteiger charge is 2.37. The zero-order chi connectivity index (χ0) is 27.2. The van der Waals surface area contributed by atoms with Gasteiger partial charge in [0.25, 0.3) is 11.8 Å². The van der Waals surface area contributed by atoms with Crippen molar-refractivity contribution < 1.29 is 33.0 Å². The quantitative estimate of drug-likeness (QED) is 0.482. The molecule has 1 saturated heterocycles. The maximum absolute atomic E-state index is 13.5. The molecule has 0 radical (unpaired) electrons. The molecule has 4 rings (SSSR count). The molecule has 0 aromatic heterocycles. The highest BCUT2D eigenvalue weighted by Crippen LogP contribution is 2.37. The van der Waals surface area contributed by atoms with E-state index in [1.165, 1.54) is 17.0 Å². The molecule has 202 valence electrons. The van der Waals surface area contributed by atoms with Crippen LogP contribution in [-0.4, -0.2) is 56.7 Å². The third-order valence-electron chi connectivity index (χ3n) is 5.98. The number of hydrogen-bond donors (Lipinski definition) is 2. The van der Waals surface area contributed by atoms with Gasteiger partial charge in [-0.05, 0) is 36.8 Å². The Morgan fingerprint density at radius 1 is 1.18 bits per heavy atom. The topological polar surface area (TPSA) is 106 Å². The van der Waals surface area contributed by atoms with Gasteiger partial charge in [-0.2, -0.15) is 0 Å². The lowest BCUT2D eigenvalue weighted by molar-refractivity contribution is -0.128. The van der Waals surface area contributed by atoms with E-state index in [1.807, 2.05) is 0 Å². The maximum atomic E-state index is 13.5. The number of nitrogens with one attached hydrogen (secondary N) is 2. The van der Waals surface area contributed by atoms with Crippen LogP contribution in [0.5, 0.6) is 11.5 Å². The molecule has 3 amide bonds. The molecule has 12 heteroatoms. The van der Waals surface area contributed by atoms with Gasteiger partial charge in [0.1, 0.15) is 17.3 Å². The molecule has 2 atom stereocenters. The average molecular weight is 566 g/mol. The van der Waals surface area contributed by atoms with Crippen LogP contribution in [0.15, 0.2) is 48.7 Å². The minimum absolute atomic E-state index is 0.00115. The summed E-state index contributed by atoms with van der Waals surface area (Å²) in [5.41, 5.74) is 0.854. The molecule has 1 fully saturated rings. The number of benzene rings is 2. The standard InChI is InChI=1S/C26H26Cl2FN3O6/c1-15(6-8-30-24(33)14-37-18-3-4-19(28)20(29)11-18)31-25(34)23-12-32(26(35)16-7-9-36-13-16)21-10-17(27)2-5-22(21)38-23/h2-5,10-11,16,23H,1,6-9,12-14H2,(H,30,33)(H,31,34). The summed E-state index contributed by atoms with van der Waals surface area (Å²) in [6.07, 6.45) is -0.129. The highest BCUT2D eigenvalue weighted by molar-refractivity contribution is 6.31. The molecular weight excluding hydrogens is 540 g/mol. The Hall–Kier alpha value is -3.34. The predicted molar refractivity (Wildman–Crippen MR) is 139 cm³/mol. The van der Waals surface area contributed by atoms with Crippen molar-refractivity contribution in [3.05, 3.63) is 64.5 Å². The molecule has 0 saturated carbocycles. The lowest BCUT2D eigenvalue weighted by Crippen LogP contribution is -2.52. The second kappa shape index (κ2) is 12.5. The van der Waals surface area contributed by atoms with Crippen molar-refractivity contribution in [3.8, 4) is 11.5 Å². The fourth-order valence-corrected chi connectivity index (χ4v) is 4.27. The fourth-order valence-electron chi connectivity index (χ4n) is 3.99. The van der Waals surface area contributed by atoms with Crippen LogP contribution in [0.25, 0.3) is 0 Å². The minimum atomic E-state index is -0.977. The number of amides is 3. The summed E-state index contributed by atoms with van der Waals surface area (Å²) >= 11 is 11.8. The molecule has 2 heterocycles. The van der Waals surface area contributed by atoms with Gasteiger partial charge in [0, 0.05) is 36.4 Å². The first kappa shape index (κ1) is 27.7. The van der Waals surface area contributed by atoms with Gasteiger partial charge in [0.2, 0.25) is 5.91 Å². The van der Waals surface area contributed by atoms with Crippen LogP contribution in [0.3, 0.4) is 0 Å². The molecule has 2 aliphatic rings. The van der Waals surface area contributed by atoms with Crippen molar-refractivity contribution >= 4 is 46.6 Å². The van der Waals surface area contributed by atoms with Gasteiger partial charge in [0.05, 0.1) is 29.8 Å². The van der Waals surface area contributed by atoms with Crippen LogP contribution in [0.1, 0.15) is 12.8 Å². The Morgan fingerprint density at radius 2 is 2.00 bits per heavy atom. The number of hydrogen-bond acceptors (Lipinski definition) is 6. The first-order valence-corrected chi connectivity index (χ1v) is 12.7.